The molecule has 0 N–H and O–H groups in total. The molecule has 0 atom stereocenters. The molecule has 166 valence electrons. The lowest BCUT2D eigenvalue weighted by Crippen LogP contribution is -1.84. The smallest absolute Gasteiger partial charge is 0.0332 e. The molecule has 35 heavy (non-hydrogen) atoms. The molecule has 0 heterocycles. The van der Waals surface area contributed by atoms with Crippen LogP contribution in [0.5, 0.6) is 0 Å². The molecule has 7 aromatic carbocycles. The fraction of sp³-hybridized carbons (Fsp3) is 0. The first-order valence-corrected chi connectivity index (χ1v) is 12.6. The molecule has 0 saturated carbocycles. The number of halogens is 1. The van der Waals surface area contributed by atoms with Gasteiger partial charge in [0.15, 0.2) is 0 Å². The van der Waals surface area contributed by atoms with Gasteiger partial charge in [0, 0.05) is 4.47 Å². The number of benzene rings is 7. The molecule has 0 amide bonds. The molecular formula is C34H23Br. The third-order valence-corrected chi connectivity index (χ3v) is 7.39. The molecule has 0 aliphatic carbocycles. The van der Waals surface area contributed by atoms with Crippen LogP contribution in [-0.4, -0.2) is 0 Å². The van der Waals surface area contributed by atoms with Crippen LogP contribution in [0.2, 0.25) is 0 Å². The summed E-state index contributed by atoms with van der Waals surface area (Å²) in [5, 5.41) is 10.3. The minimum atomic E-state index is 1.19. The Morgan fingerprint density at radius 3 is 1.14 bits per heavy atom. The Bertz CT molecular complexity index is 1690. The van der Waals surface area contributed by atoms with Gasteiger partial charge in [-0.05, 0) is 82.3 Å². The molecule has 0 bridgehead atoms. The minimum Gasteiger partial charge on any atom is -0.0622 e. The van der Waals surface area contributed by atoms with Crippen molar-refractivity contribution in [2.45, 2.75) is 0 Å². The SMILES string of the molecule is Brc1c2ccccc2cc2ccccc12.c1ccc(-c2c3ccccc3cc3ccccc23)cc1. The maximum Gasteiger partial charge on any atom is 0.0332 e. The van der Waals surface area contributed by atoms with Crippen LogP contribution in [0.15, 0.2) is 144 Å². The summed E-state index contributed by atoms with van der Waals surface area (Å²) in [5.74, 6) is 0. The molecule has 0 saturated heterocycles. The lowest BCUT2D eigenvalue weighted by molar-refractivity contribution is 1.67. The Labute approximate surface area is 213 Å². The van der Waals surface area contributed by atoms with Crippen molar-refractivity contribution in [1.82, 2.24) is 0 Å². The van der Waals surface area contributed by atoms with E-state index in [2.05, 4.69) is 155 Å². The molecule has 0 aliphatic rings. The Balaban J connectivity index is 0.000000136. The van der Waals surface area contributed by atoms with Gasteiger partial charge in [-0.1, -0.05) is 127 Å². The van der Waals surface area contributed by atoms with E-state index < -0.39 is 0 Å². The molecule has 0 aromatic heterocycles. The number of rotatable bonds is 1. The van der Waals surface area contributed by atoms with E-state index in [-0.39, 0.29) is 0 Å². The van der Waals surface area contributed by atoms with Crippen LogP contribution in [0.3, 0.4) is 0 Å². The maximum atomic E-state index is 3.68. The van der Waals surface area contributed by atoms with Gasteiger partial charge in [0.1, 0.15) is 0 Å². The fourth-order valence-corrected chi connectivity index (χ4v) is 5.61. The zero-order valence-electron chi connectivity index (χ0n) is 19.2. The zero-order chi connectivity index (χ0) is 23.6. The average Bonchev–Trinajstić information content (AvgIpc) is 2.93. The molecule has 0 fully saturated rings. The van der Waals surface area contributed by atoms with Gasteiger partial charge in [-0.15, -0.1) is 0 Å². The first-order chi connectivity index (χ1) is 17.3. The highest BCUT2D eigenvalue weighted by Crippen LogP contribution is 2.36. The molecule has 0 nitrogen and oxygen atoms in total. The van der Waals surface area contributed by atoms with Crippen molar-refractivity contribution in [3.8, 4) is 11.1 Å². The summed E-state index contributed by atoms with van der Waals surface area (Å²) in [6.45, 7) is 0. The van der Waals surface area contributed by atoms with Crippen LogP contribution in [-0.2, 0) is 0 Å². The Hall–Kier alpha value is -3.94. The third kappa shape index (κ3) is 4.09. The largest absolute Gasteiger partial charge is 0.0622 e. The van der Waals surface area contributed by atoms with Crippen LogP contribution in [0.1, 0.15) is 0 Å². The second-order valence-electron chi connectivity index (χ2n) is 8.69. The van der Waals surface area contributed by atoms with Crippen LogP contribution in [0.4, 0.5) is 0 Å². The molecule has 1 heteroatoms. The quantitative estimate of drug-likeness (QED) is 0.192. The Morgan fingerprint density at radius 2 is 0.686 bits per heavy atom. The van der Waals surface area contributed by atoms with Crippen molar-refractivity contribution >= 4 is 59.0 Å². The topological polar surface area (TPSA) is 0 Å². The van der Waals surface area contributed by atoms with E-state index in [1.807, 2.05) is 0 Å². The van der Waals surface area contributed by atoms with Gasteiger partial charge in [-0.25, -0.2) is 0 Å². The van der Waals surface area contributed by atoms with E-state index in [1.54, 1.807) is 0 Å². The number of fused-ring (bicyclic) bond motifs is 4. The van der Waals surface area contributed by atoms with Crippen LogP contribution in [0.25, 0.3) is 54.2 Å². The Morgan fingerprint density at radius 1 is 0.343 bits per heavy atom. The summed E-state index contributed by atoms with van der Waals surface area (Å²) in [6, 6.07) is 49.3. The highest BCUT2D eigenvalue weighted by molar-refractivity contribution is 9.10. The van der Waals surface area contributed by atoms with Gasteiger partial charge in [0.2, 0.25) is 0 Å². The molecule has 7 aromatic rings. The normalized spacial score (nSPS) is 11.0. The zero-order valence-corrected chi connectivity index (χ0v) is 20.7. The first kappa shape index (κ1) is 21.6. The monoisotopic (exact) mass is 510 g/mol. The van der Waals surface area contributed by atoms with Gasteiger partial charge >= 0.3 is 0 Å². The van der Waals surface area contributed by atoms with Crippen molar-refractivity contribution in [3.05, 3.63) is 144 Å². The predicted molar refractivity (Wildman–Crippen MR) is 156 cm³/mol. The highest BCUT2D eigenvalue weighted by Gasteiger charge is 2.08. The van der Waals surface area contributed by atoms with Gasteiger partial charge in [0.05, 0.1) is 0 Å². The number of hydrogen-bond acceptors (Lipinski definition) is 0. The van der Waals surface area contributed by atoms with Crippen LogP contribution in [0, 0.1) is 0 Å². The third-order valence-electron chi connectivity index (χ3n) is 6.54. The van der Waals surface area contributed by atoms with Crippen LogP contribution >= 0.6 is 15.9 Å². The van der Waals surface area contributed by atoms with Crippen molar-refractivity contribution in [1.29, 1.82) is 0 Å². The minimum absolute atomic E-state index is 1.19. The second-order valence-corrected chi connectivity index (χ2v) is 9.49. The van der Waals surface area contributed by atoms with Gasteiger partial charge in [-0.2, -0.15) is 0 Å². The lowest BCUT2D eigenvalue weighted by atomic mass is 9.92. The molecule has 0 radical (unpaired) electrons. The summed E-state index contributed by atoms with van der Waals surface area (Å²) in [7, 11) is 0. The summed E-state index contributed by atoms with van der Waals surface area (Å²) in [4.78, 5) is 0. The van der Waals surface area contributed by atoms with Crippen molar-refractivity contribution < 1.29 is 0 Å². The lowest BCUT2D eigenvalue weighted by Gasteiger charge is -2.11. The van der Waals surface area contributed by atoms with Gasteiger partial charge < -0.3 is 0 Å². The molecule has 0 spiro atoms. The van der Waals surface area contributed by atoms with E-state index in [9.17, 15) is 0 Å². The molecule has 7 rings (SSSR count). The Kier molecular flexibility index (Phi) is 5.78. The van der Waals surface area contributed by atoms with E-state index in [0.29, 0.717) is 0 Å². The first-order valence-electron chi connectivity index (χ1n) is 11.8. The van der Waals surface area contributed by atoms with Gasteiger partial charge in [0.25, 0.3) is 0 Å². The summed E-state index contributed by atoms with van der Waals surface area (Å²) in [6.07, 6.45) is 0. The van der Waals surface area contributed by atoms with E-state index >= 15 is 0 Å². The highest BCUT2D eigenvalue weighted by atomic mass is 79.9. The van der Waals surface area contributed by atoms with Crippen molar-refractivity contribution in [2.24, 2.45) is 0 Å². The van der Waals surface area contributed by atoms with Crippen molar-refractivity contribution in [2.75, 3.05) is 0 Å². The van der Waals surface area contributed by atoms with Crippen molar-refractivity contribution in [3.63, 3.8) is 0 Å². The molecular weight excluding hydrogens is 488 g/mol. The summed E-state index contributed by atoms with van der Waals surface area (Å²) >= 11 is 3.68. The second kappa shape index (κ2) is 9.37. The average molecular weight is 511 g/mol. The van der Waals surface area contributed by atoms with E-state index in [1.165, 1.54) is 58.7 Å². The summed E-state index contributed by atoms with van der Waals surface area (Å²) < 4.78 is 1.19. The molecule has 0 aliphatic heterocycles. The van der Waals surface area contributed by atoms with E-state index in [4.69, 9.17) is 0 Å². The standard InChI is InChI=1S/C20H14.C14H9Br/c1-2-8-15(9-3-1)20-18-12-6-4-10-16(18)14-17-11-5-7-13-19(17)20;15-14-12-7-3-1-5-10(12)9-11-6-2-4-8-13(11)14/h1-14H;1-9H. The van der Waals surface area contributed by atoms with Crippen LogP contribution < -0.4 is 0 Å². The fourth-order valence-electron chi connectivity index (χ4n) is 4.89. The van der Waals surface area contributed by atoms with Gasteiger partial charge in [-0.3, -0.25) is 0 Å². The molecule has 0 unspecified atom stereocenters. The number of hydrogen-bond donors (Lipinski definition) is 0. The van der Waals surface area contributed by atoms with E-state index in [0.717, 1.165) is 0 Å². The maximum absolute atomic E-state index is 3.68. The predicted octanol–water partition coefficient (Wildman–Crippen LogP) is 10.4. The summed E-state index contributed by atoms with van der Waals surface area (Å²) in [5.41, 5.74) is 2.61.